The first kappa shape index (κ1) is 24.4. The van der Waals surface area contributed by atoms with Gasteiger partial charge in [-0.05, 0) is 42.3 Å². The molecule has 186 valence electrons. The number of aryl methyl sites for hydroxylation is 1. The molecule has 3 heterocycles. The van der Waals surface area contributed by atoms with Gasteiger partial charge in [0.2, 0.25) is 0 Å². The number of fused-ring (bicyclic) bond motifs is 1. The third-order valence-electron chi connectivity index (χ3n) is 6.35. The third-order valence-corrected chi connectivity index (χ3v) is 6.87. The Balaban J connectivity index is 1.27. The molecule has 0 radical (unpaired) electrons. The fourth-order valence-electron chi connectivity index (χ4n) is 4.49. The number of methoxy groups -OCH3 is 1. The number of hydrogen-bond acceptors (Lipinski definition) is 6. The van der Waals surface area contributed by atoms with Gasteiger partial charge in [-0.15, -0.1) is 0 Å². The van der Waals surface area contributed by atoms with Crippen LogP contribution in [0, 0.1) is 0 Å². The number of nitrogens with one attached hydrogen (secondary N) is 2. The Labute approximate surface area is 218 Å². The minimum atomic E-state index is -0.219. The van der Waals surface area contributed by atoms with Crippen LogP contribution in [0.25, 0.3) is 11.0 Å². The van der Waals surface area contributed by atoms with Crippen molar-refractivity contribution in [2.45, 2.75) is 24.9 Å². The molecule has 36 heavy (non-hydrogen) atoms. The van der Waals surface area contributed by atoms with Crippen LogP contribution in [-0.2, 0) is 18.2 Å². The van der Waals surface area contributed by atoms with Gasteiger partial charge in [0.1, 0.15) is 23.0 Å². The maximum absolute atomic E-state index is 12.7. The monoisotopic (exact) mass is 549 g/mol. The van der Waals surface area contributed by atoms with E-state index in [1.165, 1.54) is 5.56 Å². The van der Waals surface area contributed by atoms with Gasteiger partial charge >= 0.3 is 0 Å². The Hall–Kier alpha value is -3.27. The van der Waals surface area contributed by atoms with E-state index in [2.05, 4.69) is 48.2 Å². The van der Waals surface area contributed by atoms with Gasteiger partial charge in [-0.1, -0.05) is 28.1 Å². The van der Waals surface area contributed by atoms with Crippen molar-refractivity contribution in [1.29, 1.82) is 0 Å². The highest BCUT2D eigenvalue weighted by molar-refractivity contribution is 9.10. The summed E-state index contributed by atoms with van der Waals surface area (Å²) >= 11 is 3.48. The number of imidazole rings is 1. The molecule has 0 saturated carbocycles. The van der Waals surface area contributed by atoms with Gasteiger partial charge < -0.3 is 24.7 Å². The highest BCUT2D eigenvalue weighted by Gasteiger charge is 2.26. The van der Waals surface area contributed by atoms with Crippen molar-refractivity contribution >= 4 is 32.9 Å². The lowest BCUT2D eigenvalue weighted by atomic mass is 10.1. The fraction of sp³-hybridized carbons (Fsp3) is 0.296. The molecule has 1 aliphatic heterocycles. The van der Waals surface area contributed by atoms with Crippen LogP contribution >= 0.6 is 15.9 Å². The summed E-state index contributed by atoms with van der Waals surface area (Å²) in [6.07, 6.45) is 3.14. The second-order valence-electron chi connectivity index (χ2n) is 8.99. The van der Waals surface area contributed by atoms with Crippen molar-refractivity contribution in [2.75, 3.05) is 20.3 Å². The van der Waals surface area contributed by atoms with Crippen molar-refractivity contribution in [3.63, 3.8) is 0 Å². The van der Waals surface area contributed by atoms with Gasteiger partial charge in [0.15, 0.2) is 0 Å². The highest BCUT2D eigenvalue weighted by atomic mass is 79.9. The molecule has 4 aromatic rings. The molecule has 2 aromatic heterocycles. The lowest BCUT2D eigenvalue weighted by Crippen LogP contribution is -2.36. The van der Waals surface area contributed by atoms with Gasteiger partial charge in [-0.25, -0.2) is 4.98 Å². The Morgan fingerprint density at radius 2 is 1.97 bits per heavy atom. The number of carbonyl (C=O) groups excluding carboxylic acids is 1. The van der Waals surface area contributed by atoms with Gasteiger partial charge in [0.05, 0.1) is 17.6 Å². The molecule has 0 unspecified atom stereocenters. The topological polar surface area (TPSA) is 90.3 Å². The van der Waals surface area contributed by atoms with E-state index < -0.39 is 0 Å². The van der Waals surface area contributed by atoms with Crippen LogP contribution in [0.4, 0.5) is 0 Å². The van der Waals surface area contributed by atoms with Crippen LogP contribution in [0.5, 0.6) is 11.5 Å². The summed E-state index contributed by atoms with van der Waals surface area (Å²) in [5.74, 6) is 1.95. The number of aromatic nitrogens is 3. The lowest BCUT2D eigenvalue weighted by Gasteiger charge is -2.12. The quantitative estimate of drug-likeness (QED) is 0.342. The smallest absolute Gasteiger partial charge is 0.270 e. The molecule has 2 aromatic carbocycles. The number of pyridine rings is 1. The van der Waals surface area contributed by atoms with Gasteiger partial charge in [0, 0.05) is 62.0 Å². The Kier molecular flexibility index (Phi) is 7.31. The molecule has 2 N–H and O–H groups in total. The number of rotatable bonds is 8. The van der Waals surface area contributed by atoms with Crippen molar-refractivity contribution in [3.8, 4) is 11.5 Å². The Bertz CT molecular complexity index is 1370. The van der Waals surface area contributed by atoms with E-state index >= 15 is 0 Å². The average molecular weight is 550 g/mol. The van der Waals surface area contributed by atoms with Gasteiger partial charge in [-0.3, -0.25) is 9.78 Å². The van der Waals surface area contributed by atoms with Crippen LogP contribution in [-0.4, -0.2) is 52.8 Å². The number of amides is 1. The highest BCUT2D eigenvalue weighted by Crippen LogP contribution is 2.27. The minimum absolute atomic E-state index is 0.0437. The molecule has 8 nitrogen and oxygen atoms in total. The van der Waals surface area contributed by atoms with Crippen LogP contribution in [0.3, 0.4) is 0 Å². The Morgan fingerprint density at radius 3 is 2.78 bits per heavy atom. The summed E-state index contributed by atoms with van der Waals surface area (Å²) in [5, 5.41) is 6.39. The largest absolute Gasteiger partial charge is 0.457 e. The molecule has 1 aliphatic rings. The number of hydrogen-bond donors (Lipinski definition) is 2. The van der Waals surface area contributed by atoms with E-state index in [9.17, 15) is 4.79 Å². The number of nitrogens with zero attached hydrogens (tertiary/aromatic N) is 3. The van der Waals surface area contributed by atoms with E-state index in [0.29, 0.717) is 30.3 Å². The van der Waals surface area contributed by atoms with Crippen molar-refractivity contribution < 1.29 is 14.3 Å². The molecule has 5 rings (SSSR count). The average Bonchev–Trinajstić information content (AvgIpc) is 3.44. The zero-order valence-corrected chi connectivity index (χ0v) is 21.8. The van der Waals surface area contributed by atoms with E-state index in [4.69, 9.17) is 14.5 Å². The molecule has 2 atom stereocenters. The maximum atomic E-state index is 12.7. The fourth-order valence-corrected chi connectivity index (χ4v) is 4.75. The second-order valence-corrected chi connectivity index (χ2v) is 9.90. The van der Waals surface area contributed by atoms with Crippen molar-refractivity contribution in [1.82, 2.24) is 25.2 Å². The van der Waals surface area contributed by atoms with E-state index in [-0.39, 0.29) is 18.0 Å². The minimum Gasteiger partial charge on any atom is -0.457 e. The molecule has 1 amide bonds. The van der Waals surface area contributed by atoms with Gasteiger partial charge in [-0.2, -0.15) is 0 Å². The Morgan fingerprint density at radius 1 is 1.17 bits per heavy atom. The summed E-state index contributed by atoms with van der Waals surface area (Å²) in [6.45, 7) is 1.34. The van der Waals surface area contributed by atoms with Crippen LogP contribution in [0.2, 0.25) is 0 Å². The molecule has 0 bridgehead atoms. The zero-order chi connectivity index (χ0) is 25.1. The SMILES string of the molecule is COC[C@H]1C[C@@H](NC(=O)c2cc(Oc3ccc4c(c3)nc(Cc3ccc(Br)cc3)n4C)ccn2)CN1. The first-order valence-electron chi connectivity index (χ1n) is 11.9. The summed E-state index contributed by atoms with van der Waals surface area (Å²) in [7, 11) is 3.70. The first-order chi connectivity index (χ1) is 17.5. The number of ether oxygens (including phenoxy) is 2. The van der Waals surface area contributed by atoms with E-state index in [1.54, 1.807) is 25.4 Å². The van der Waals surface area contributed by atoms with Crippen molar-refractivity contribution in [2.24, 2.45) is 7.05 Å². The molecule has 0 aliphatic carbocycles. The summed E-state index contributed by atoms with van der Waals surface area (Å²) in [6, 6.07) is 17.8. The molecule has 9 heteroatoms. The molecule has 1 fully saturated rings. The predicted molar refractivity (Wildman–Crippen MR) is 142 cm³/mol. The van der Waals surface area contributed by atoms with E-state index in [1.807, 2.05) is 37.4 Å². The standard InChI is InChI=1S/C27H28BrN5O3/c1-33-25-8-7-21(13-23(25)32-26(33)11-17-3-5-18(28)6-4-17)36-22-9-10-29-24(14-22)27(34)31-19-12-20(16-35-2)30-15-19/h3-10,13-14,19-20,30H,11-12,15-16H2,1-2H3,(H,31,34)/t19-,20-/m1/s1. The normalized spacial score (nSPS) is 17.4. The predicted octanol–water partition coefficient (Wildman–Crippen LogP) is 4.22. The molecular weight excluding hydrogens is 522 g/mol. The molecule has 1 saturated heterocycles. The van der Waals surface area contributed by atoms with Crippen molar-refractivity contribution in [3.05, 3.63) is 82.3 Å². The molecular formula is C27H28BrN5O3. The maximum Gasteiger partial charge on any atom is 0.270 e. The second kappa shape index (κ2) is 10.8. The summed E-state index contributed by atoms with van der Waals surface area (Å²) in [4.78, 5) is 21.8. The van der Waals surface area contributed by atoms with E-state index in [0.717, 1.165) is 34.2 Å². The lowest BCUT2D eigenvalue weighted by molar-refractivity contribution is 0.0933. The number of benzene rings is 2. The summed E-state index contributed by atoms with van der Waals surface area (Å²) < 4.78 is 14.4. The summed E-state index contributed by atoms with van der Waals surface area (Å²) in [5.41, 5.74) is 3.39. The number of carbonyl (C=O) groups is 1. The third kappa shape index (κ3) is 5.59. The first-order valence-corrected chi connectivity index (χ1v) is 12.6. The zero-order valence-electron chi connectivity index (χ0n) is 20.2. The van der Waals surface area contributed by atoms with Crippen LogP contribution in [0.1, 0.15) is 28.3 Å². The molecule has 0 spiro atoms. The van der Waals surface area contributed by atoms with Crippen LogP contribution in [0.15, 0.2) is 65.3 Å². The number of halogens is 1. The van der Waals surface area contributed by atoms with Crippen LogP contribution < -0.4 is 15.4 Å². The van der Waals surface area contributed by atoms with Gasteiger partial charge in [0.25, 0.3) is 5.91 Å².